The number of halogens is 3. The maximum absolute atomic E-state index is 13.3. The Morgan fingerprint density at radius 2 is 2.25 bits per heavy atom. The number of aliphatic hydroxyl groups excluding tert-OH is 1. The summed E-state index contributed by atoms with van der Waals surface area (Å²) in [5, 5.41) is 17.8. The molecule has 4 nitrogen and oxygen atoms in total. The summed E-state index contributed by atoms with van der Waals surface area (Å²) in [4.78, 5) is 5.31. The number of hydrogen-bond acceptors (Lipinski definition) is 5. The van der Waals surface area contributed by atoms with E-state index in [0.29, 0.717) is 18.5 Å². The molecule has 0 aromatic carbocycles. The first-order chi connectivity index (χ1) is 11.3. The Hall–Kier alpha value is -1.72. The highest BCUT2D eigenvalue weighted by Crippen LogP contribution is 2.39. The van der Waals surface area contributed by atoms with Crippen molar-refractivity contribution in [1.82, 2.24) is 4.90 Å². The second kappa shape index (κ2) is 8.94. The zero-order chi connectivity index (χ0) is 18.3. The molecule has 1 aliphatic rings. The second-order valence-electron chi connectivity index (χ2n) is 5.11. The zero-order valence-corrected chi connectivity index (χ0v) is 14.4. The number of hydrogen-bond donors (Lipinski definition) is 1. The molecular formula is C16H20F3N3OS. The predicted octanol–water partition coefficient (Wildman–Crippen LogP) is 3.63. The number of rotatable bonds is 7. The fourth-order valence-electron chi connectivity index (χ4n) is 2.16. The van der Waals surface area contributed by atoms with Crippen molar-refractivity contribution in [3.63, 3.8) is 0 Å². The number of aliphatic hydroxyl groups is 1. The Kier molecular flexibility index (Phi) is 7.58. The summed E-state index contributed by atoms with van der Waals surface area (Å²) in [5.74, 6) is 0.0122. The molecule has 132 valence electrons. The minimum absolute atomic E-state index is 0.0122. The van der Waals surface area contributed by atoms with Gasteiger partial charge in [-0.2, -0.15) is 18.4 Å². The Balaban J connectivity index is 3.26. The van der Waals surface area contributed by atoms with Crippen LogP contribution in [0.2, 0.25) is 0 Å². The minimum Gasteiger partial charge on any atom is -0.388 e. The number of aliphatic imine (C=N–C) groups is 1. The Morgan fingerprint density at radius 3 is 2.71 bits per heavy atom. The molecule has 0 aromatic rings. The molecule has 1 heterocycles. The number of nitriles is 1. The standard InChI is InChI=1S/C16H20F3N3OS/c1-4-6-12(7-11(3)8-20)24-13-9-22(5-2)14(10-23)21-15(13)16(17,18)19/h4,7,12,23H,1,5-6,9-10H2,2-3H3/b11-7+. The van der Waals surface area contributed by atoms with E-state index < -0.39 is 18.5 Å². The van der Waals surface area contributed by atoms with E-state index in [-0.39, 0.29) is 22.5 Å². The van der Waals surface area contributed by atoms with Crippen LogP contribution in [0.25, 0.3) is 0 Å². The van der Waals surface area contributed by atoms with Gasteiger partial charge in [0.15, 0.2) is 5.70 Å². The van der Waals surface area contributed by atoms with E-state index in [4.69, 9.17) is 5.26 Å². The van der Waals surface area contributed by atoms with Gasteiger partial charge in [-0.05, 0) is 20.3 Å². The summed E-state index contributed by atoms with van der Waals surface area (Å²) in [6, 6.07) is 1.97. The number of alkyl halides is 3. The van der Waals surface area contributed by atoms with Crippen molar-refractivity contribution in [2.45, 2.75) is 31.7 Å². The van der Waals surface area contributed by atoms with E-state index >= 15 is 0 Å². The van der Waals surface area contributed by atoms with Crippen molar-refractivity contribution in [3.8, 4) is 6.07 Å². The molecular weight excluding hydrogens is 339 g/mol. The molecule has 1 N–H and O–H groups in total. The number of likely N-dealkylation sites (N-methyl/N-ethyl adjacent to an activating group) is 1. The predicted molar refractivity (Wildman–Crippen MR) is 90.4 cm³/mol. The van der Waals surface area contributed by atoms with E-state index in [1.165, 1.54) is 0 Å². The molecule has 0 aliphatic carbocycles. The van der Waals surface area contributed by atoms with Crippen LogP contribution in [0.5, 0.6) is 0 Å². The molecule has 8 heteroatoms. The first-order valence-electron chi connectivity index (χ1n) is 7.36. The van der Waals surface area contributed by atoms with Crippen LogP contribution < -0.4 is 0 Å². The van der Waals surface area contributed by atoms with Gasteiger partial charge in [0.05, 0.1) is 12.6 Å². The molecule has 1 aliphatic heterocycles. The van der Waals surface area contributed by atoms with E-state index in [1.807, 2.05) is 6.07 Å². The van der Waals surface area contributed by atoms with E-state index in [1.54, 1.807) is 30.9 Å². The van der Waals surface area contributed by atoms with Gasteiger partial charge in [-0.15, -0.1) is 18.3 Å². The van der Waals surface area contributed by atoms with Gasteiger partial charge < -0.3 is 10.0 Å². The molecule has 1 unspecified atom stereocenters. The zero-order valence-electron chi connectivity index (χ0n) is 13.6. The Bertz CT molecular complexity index is 603. The number of thioether (sulfide) groups is 1. The maximum Gasteiger partial charge on any atom is 0.434 e. The maximum atomic E-state index is 13.3. The molecule has 24 heavy (non-hydrogen) atoms. The van der Waals surface area contributed by atoms with Crippen LogP contribution in [-0.2, 0) is 0 Å². The highest BCUT2D eigenvalue weighted by atomic mass is 32.2. The van der Waals surface area contributed by atoms with Gasteiger partial charge in [0.1, 0.15) is 12.4 Å². The summed E-state index contributed by atoms with van der Waals surface area (Å²) >= 11 is 1.03. The molecule has 0 fully saturated rings. The fraction of sp³-hybridized carbons (Fsp3) is 0.500. The fourth-order valence-corrected chi connectivity index (χ4v) is 3.53. The van der Waals surface area contributed by atoms with E-state index in [0.717, 1.165) is 11.8 Å². The highest BCUT2D eigenvalue weighted by Gasteiger charge is 2.40. The lowest BCUT2D eigenvalue weighted by Gasteiger charge is -2.31. The number of allylic oxidation sites excluding steroid dienone is 3. The van der Waals surface area contributed by atoms with Gasteiger partial charge in [0, 0.05) is 22.3 Å². The van der Waals surface area contributed by atoms with Gasteiger partial charge in [-0.3, -0.25) is 0 Å². The van der Waals surface area contributed by atoms with E-state index in [2.05, 4.69) is 11.6 Å². The van der Waals surface area contributed by atoms with Crippen LogP contribution in [0, 0.1) is 11.3 Å². The smallest absolute Gasteiger partial charge is 0.388 e. The van der Waals surface area contributed by atoms with Crippen LogP contribution in [0.3, 0.4) is 0 Å². The molecule has 0 radical (unpaired) electrons. The van der Waals surface area contributed by atoms with Crippen LogP contribution in [0.4, 0.5) is 13.2 Å². The van der Waals surface area contributed by atoms with Crippen molar-refractivity contribution < 1.29 is 18.3 Å². The van der Waals surface area contributed by atoms with Gasteiger partial charge >= 0.3 is 6.18 Å². The lowest BCUT2D eigenvalue weighted by molar-refractivity contribution is -0.0933. The van der Waals surface area contributed by atoms with E-state index in [9.17, 15) is 18.3 Å². The van der Waals surface area contributed by atoms with Crippen LogP contribution >= 0.6 is 11.8 Å². The number of nitrogens with zero attached hydrogens (tertiary/aromatic N) is 3. The van der Waals surface area contributed by atoms with Gasteiger partial charge in [0.2, 0.25) is 0 Å². The van der Waals surface area contributed by atoms with Crippen LogP contribution in [0.1, 0.15) is 20.3 Å². The second-order valence-corrected chi connectivity index (χ2v) is 6.45. The summed E-state index contributed by atoms with van der Waals surface area (Å²) in [6.45, 7) is 6.93. The van der Waals surface area contributed by atoms with Crippen molar-refractivity contribution in [2.24, 2.45) is 4.99 Å². The third-order valence-corrected chi connectivity index (χ3v) is 4.54. The van der Waals surface area contributed by atoms with Crippen LogP contribution in [-0.4, -0.2) is 47.0 Å². The molecule has 0 amide bonds. The number of amidine groups is 1. The SMILES string of the molecule is C=CCC(/C=C(\C)C#N)SC1=C(C(F)(F)F)N=C(CO)N(CC)C1. The minimum atomic E-state index is -4.60. The molecule has 1 atom stereocenters. The van der Waals surface area contributed by atoms with Crippen molar-refractivity contribution in [2.75, 3.05) is 19.7 Å². The largest absolute Gasteiger partial charge is 0.434 e. The normalized spacial score (nSPS) is 17.5. The van der Waals surface area contributed by atoms with Crippen LogP contribution in [0.15, 0.2) is 39.9 Å². The average molecular weight is 359 g/mol. The highest BCUT2D eigenvalue weighted by molar-refractivity contribution is 8.03. The molecule has 0 bridgehead atoms. The molecule has 0 saturated heterocycles. The Morgan fingerprint density at radius 1 is 1.58 bits per heavy atom. The first kappa shape index (κ1) is 20.3. The van der Waals surface area contributed by atoms with Crippen molar-refractivity contribution >= 4 is 17.6 Å². The molecule has 0 spiro atoms. The quantitative estimate of drug-likeness (QED) is 0.557. The van der Waals surface area contributed by atoms with Gasteiger partial charge in [-0.25, -0.2) is 4.99 Å². The van der Waals surface area contributed by atoms with Gasteiger partial charge in [-0.1, -0.05) is 12.2 Å². The monoisotopic (exact) mass is 359 g/mol. The molecule has 0 aromatic heterocycles. The topological polar surface area (TPSA) is 59.6 Å². The third-order valence-electron chi connectivity index (χ3n) is 3.30. The van der Waals surface area contributed by atoms with Crippen molar-refractivity contribution in [1.29, 1.82) is 5.26 Å². The summed E-state index contributed by atoms with van der Waals surface area (Å²) in [7, 11) is 0. The molecule has 0 saturated carbocycles. The lowest BCUT2D eigenvalue weighted by atomic mass is 10.2. The summed E-state index contributed by atoms with van der Waals surface area (Å²) in [6.07, 6.45) is -0.930. The first-order valence-corrected chi connectivity index (χ1v) is 8.24. The lowest BCUT2D eigenvalue weighted by Crippen LogP contribution is -2.39. The Labute approximate surface area is 144 Å². The molecule has 1 rings (SSSR count). The van der Waals surface area contributed by atoms with Crippen molar-refractivity contribution in [3.05, 3.63) is 34.9 Å². The third kappa shape index (κ3) is 5.42. The summed E-state index contributed by atoms with van der Waals surface area (Å²) < 4.78 is 40.0. The van der Waals surface area contributed by atoms with Gasteiger partial charge in [0.25, 0.3) is 0 Å². The summed E-state index contributed by atoms with van der Waals surface area (Å²) in [5.41, 5.74) is -0.537. The average Bonchev–Trinajstić information content (AvgIpc) is 2.53.